The second-order valence-electron chi connectivity index (χ2n) is 6.18. The molecule has 0 aliphatic heterocycles. The lowest BCUT2D eigenvalue weighted by atomic mass is 10.1. The minimum absolute atomic E-state index is 0.0685. The van der Waals surface area contributed by atoms with Crippen molar-refractivity contribution < 1.29 is 9.90 Å². The van der Waals surface area contributed by atoms with E-state index < -0.39 is 8.07 Å². The van der Waals surface area contributed by atoms with Crippen LogP contribution in [-0.4, -0.2) is 19.0 Å². The van der Waals surface area contributed by atoms with E-state index in [2.05, 4.69) is 19.6 Å². The van der Waals surface area contributed by atoms with E-state index in [1.54, 1.807) is 6.92 Å². The van der Waals surface area contributed by atoms with Crippen LogP contribution in [0.2, 0.25) is 19.6 Å². The van der Waals surface area contributed by atoms with E-state index in [9.17, 15) is 9.90 Å². The summed E-state index contributed by atoms with van der Waals surface area (Å²) in [6.07, 6.45) is 0. The van der Waals surface area contributed by atoms with Crippen LogP contribution in [0.3, 0.4) is 0 Å². The first-order chi connectivity index (χ1) is 9.80. The van der Waals surface area contributed by atoms with Crippen molar-refractivity contribution >= 4 is 38.2 Å². The van der Waals surface area contributed by atoms with Crippen molar-refractivity contribution in [2.45, 2.75) is 26.6 Å². The molecule has 0 radical (unpaired) electrons. The first kappa shape index (κ1) is 15.9. The standard InChI is InChI=1S/C17H21O2PSi/c1-12(18)13-8-5-6-9-14(13)20-15-10-7-11-16(17(15)19)21(2,3)4/h5-11,19-20H,1-4H3. The molecule has 1 atom stereocenters. The molecular formula is C17H21O2PSi. The summed E-state index contributed by atoms with van der Waals surface area (Å²) < 4.78 is 0. The Morgan fingerprint density at radius 2 is 1.62 bits per heavy atom. The first-order valence-corrected chi connectivity index (χ1v) is 11.5. The molecule has 0 amide bonds. The molecular weight excluding hydrogens is 295 g/mol. The Balaban J connectivity index is 2.44. The molecule has 0 aromatic heterocycles. The highest BCUT2D eigenvalue weighted by Gasteiger charge is 2.22. The Labute approximate surface area is 129 Å². The van der Waals surface area contributed by atoms with Gasteiger partial charge in [-0.15, -0.1) is 0 Å². The molecule has 1 unspecified atom stereocenters. The van der Waals surface area contributed by atoms with Gasteiger partial charge in [0.1, 0.15) is 5.75 Å². The quantitative estimate of drug-likeness (QED) is 0.535. The second-order valence-corrected chi connectivity index (χ2v) is 12.5. The Bertz CT molecular complexity index is 675. The fourth-order valence-electron chi connectivity index (χ4n) is 2.29. The van der Waals surface area contributed by atoms with Crippen molar-refractivity contribution in [3.8, 4) is 5.75 Å². The summed E-state index contributed by atoms with van der Waals surface area (Å²) in [4.78, 5) is 11.7. The largest absolute Gasteiger partial charge is 0.507 e. The molecule has 2 rings (SSSR count). The van der Waals surface area contributed by atoms with Crippen LogP contribution in [-0.2, 0) is 0 Å². The Kier molecular flexibility index (Phi) is 4.65. The van der Waals surface area contributed by atoms with E-state index in [4.69, 9.17) is 0 Å². The number of carbonyl (C=O) groups is 1. The highest BCUT2D eigenvalue weighted by Crippen LogP contribution is 2.21. The summed E-state index contributed by atoms with van der Waals surface area (Å²) >= 11 is 0. The van der Waals surface area contributed by atoms with Crippen molar-refractivity contribution in [1.82, 2.24) is 0 Å². The summed E-state index contributed by atoms with van der Waals surface area (Å²) in [6, 6.07) is 13.6. The average Bonchev–Trinajstić information content (AvgIpc) is 2.40. The molecule has 0 spiro atoms. The third-order valence-electron chi connectivity index (χ3n) is 3.42. The van der Waals surface area contributed by atoms with E-state index in [0.29, 0.717) is 14.3 Å². The van der Waals surface area contributed by atoms with E-state index in [-0.39, 0.29) is 5.78 Å². The molecule has 21 heavy (non-hydrogen) atoms. The number of carbonyl (C=O) groups excluding carboxylic acids is 1. The summed E-state index contributed by atoms with van der Waals surface area (Å²) in [5, 5.41) is 13.6. The van der Waals surface area contributed by atoms with E-state index in [0.717, 1.165) is 21.4 Å². The molecule has 0 heterocycles. The van der Waals surface area contributed by atoms with Gasteiger partial charge in [-0.2, -0.15) is 0 Å². The zero-order valence-electron chi connectivity index (χ0n) is 12.9. The first-order valence-electron chi connectivity index (χ1n) is 7.00. The lowest BCUT2D eigenvalue weighted by Crippen LogP contribution is -2.39. The summed E-state index contributed by atoms with van der Waals surface area (Å²) in [7, 11) is -1.28. The number of hydrogen-bond acceptors (Lipinski definition) is 2. The van der Waals surface area contributed by atoms with Gasteiger partial charge in [0.05, 0.1) is 8.07 Å². The number of para-hydroxylation sites is 1. The van der Waals surface area contributed by atoms with Crippen LogP contribution in [0.1, 0.15) is 17.3 Å². The molecule has 0 aliphatic rings. The maximum Gasteiger partial charge on any atom is 0.160 e. The molecule has 0 aliphatic carbocycles. The number of phenolic OH excluding ortho intramolecular Hbond substituents is 1. The van der Waals surface area contributed by atoms with Crippen LogP contribution in [0.15, 0.2) is 42.5 Å². The zero-order valence-corrected chi connectivity index (χ0v) is 14.9. The van der Waals surface area contributed by atoms with Crippen LogP contribution in [0.25, 0.3) is 0 Å². The fourth-order valence-corrected chi connectivity index (χ4v) is 5.16. The third kappa shape index (κ3) is 3.61. The molecule has 2 aromatic rings. The van der Waals surface area contributed by atoms with E-state index >= 15 is 0 Å². The zero-order chi connectivity index (χ0) is 15.6. The maximum atomic E-state index is 11.7. The summed E-state index contributed by atoms with van der Waals surface area (Å²) in [6.45, 7) is 8.25. The van der Waals surface area contributed by atoms with Crippen molar-refractivity contribution in [3.63, 3.8) is 0 Å². The smallest absolute Gasteiger partial charge is 0.160 e. The predicted octanol–water partition coefficient (Wildman–Crippen LogP) is 2.77. The Morgan fingerprint density at radius 1 is 1.00 bits per heavy atom. The van der Waals surface area contributed by atoms with Crippen LogP contribution in [0.4, 0.5) is 0 Å². The monoisotopic (exact) mass is 316 g/mol. The second kappa shape index (κ2) is 6.13. The highest BCUT2D eigenvalue weighted by molar-refractivity contribution is 7.56. The van der Waals surface area contributed by atoms with Gasteiger partial charge in [0, 0.05) is 10.9 Å². The van der Waals surface area contributed by atoms with Crippen LogP contribution >= 0.6 is 8.58 Å². The van der Waals surface area contributed by atoms with Crippen LogP contribution < -0.4 is 15.8 Å². The molecule has 4 heteroatoms. The Hall–Kier alpha value is -1.44. The maximum absolute atomic E-state index is 11.7. The van der Waals surface area contributed by atoms with Gasteiger partial charge in [0.15, 0.2) is 5.78 Å². The van der Waals surface area contributed by atoms with Gasteiger partial charge in [0.2, 0.25) is 0 Å². The van der Waals surface area contributed by atoms with Crippen LogP contribution in [0, 0.1) is 0 Å². The number of Topliss-reactive ketones (excluding diaryl/α,β-unsaturated/α-hetero) is 1. The van der Waals surface area contributed by atoms with Gasteiger partial charge in [-0.1, -0.05) is 70.7 Å². The summed E-state index contributed by atoms with van der Waals surface area (Å²) in [5.41, 5.74) is 0.744. The molecule has 0 fully saturated rings. The van der Waals surface area contributed by atoms with Gasteiger partial charge in [0.25, 0.3) is 0 Å². The summed E-state index contributed by atoms with van der Waals surface area (Å²) in [5.74, 6) is 0.479. The highest BCUT2D eigenvalue weighted by atomic mass is 31.1. The number of phenols is 1. The number of hydrogen-bond donors (Lipinski definition) is 1. The minimum Gasteiger partial charge on any atom is -0.507 e. The molecule has 0 bridgehead atoms. The number of ketones is 1. The van der Waals surface area contributed by atoms with Crippen molar-refractivity contribution in [2.75, 3.05) is 0 Å². The molecule has 110 valence electrons. The average molecular weight is 316 g/mol. The van der Waals surface area contributed by atoms with Gasteiger partial charge in [-0.25, -0.2) is 0 Å². The topological polar surface area (TPSA) is 37.3 Å². The van der Waals surface area contributed by atoms with Crippen LogP contribution in [0.5, 0.6) is 5.75 Å². The Morgan fingerprint density at radius 3 is 2.24 bits per heavy atom. The molecule has 0 saturated heterocycles. The van der Waals surface area contributed by atoms with Crippen molar-refractivity contribution in [2.24, 2.45) is 0 Å². The van der Waals surface area contributed by atoms with Gasteiger partial charge >= 0.3 is 0 Å². The molecule has 2 nitrogen and oxygen atoms in total. The van der Waals surface area contributed by atoms with Crippen molar-refractivity contribution in [3.05, 3.63) is 48.0 Å². The molecule has 1 N–H and O–H groups in total. The number of aromatic hydroxyl groups is 1. The molecule has 0 saturated carbocycles. The minimum atomic E-state index is -1.57. The third-order valence-corrected chi connectivity index (χ3v) is 6.82. The number of benzene rings is 2. The van der Waals surface area contributed by atoms with Gasteiger partial charge in [-0.05, 0) is 17.4 Å². The van der Waals surface area contributed by atoms with Crippen molar-refractivity contribution in [1.29, 1.82) is 0 Å². The lowest BCUT2D eigenvalue weighted by molar-refractivity contribution is 0.101. The van der Waals surface area contributed by atoms with Gasteiger partial charge in [-0.3, -0.25) is 4.79 Å². The normalized spacial score (nSPS) is 12.0. The lowest BCUT2D eigenvalue weighted by Gasteiger charge is -2.20. The van der Waals surface area contributed by atoms with Gasteiger partial charge < -0.3 is 5.11 Å². The predicted molar refractivity (Wildman–Crippen MR) is 95.1 cm³/mol. The molecule has 2 aromatic carbocycles. The number of rotatable bonds is 4. The fraction of sp³-hybridized carbons (Fsp3) is 0.235. The van der Waals surface area contributed by atoms with E-state index in [1.807, 2.05) is 42.5 Å². The van der Waals surface area contributed by atoms with E-state index in [1.165, 1.54) is 0 Å². The SMILES string of the molecule is CC(=O)c1ccccc1Pc1cccc([Si](C)(C)C)c1O.